The number of morpholine rings is 1. The molecule has 4 heterocycles. The number of rotatable bonds is 9. The Hall–Kier alpha value is -3.50. The Morgan fingerprint density at radius 1 is 1.05 bits per heavy atom. The third kappa shape index (κ3) is 6.70. The lowest BCUT2D eigenvalue weighted by molar-refractivity contribution is -0.126. The van der Waals surface area contributed by atoms with Gasteiger partial charge in [0.05, 0.1) is 32.1 Å². The monoisotopic (exact) mass is 561 g/mol. The Morgan fingerprint density at radius 2 is 1.80 bits per heavy atom. The highest BCUT2D eigenvalue weighted by Gasteiger charge is 2.29. The van der Waals surface area contributed by atoms with E-state index in [1.54, 1.807) is 0 Å². The van der Waals surface area contributed by atoms with Gasteiger partial charge in [0.1, 0.15) is 5.82 Å². The number of piperazine rings is 1. The van der Waals surface area contributed by atoms with E-state index in [4.69, 9.17) is 19.4 Å². The van der Waals surface area contributed by atoms with E-state index in [1.165, 1.54) is 28.5 Å². The van der Waals surface area contributed by atoms with Crippen LogP contribution in [0.5, 0.6) is 6.01 Å². The summed E-state index contributed by atoms with van der Waals surface area (Å²) in [5, 5.41) is 0. The number of carbonyl (C=O) groups is 1. The minimum atomic E-state index is -0.0192. The molecule has 10 heteroatoms. The lowest BCUT2D eigenvalue weighted by Crippen LogP contribution is -2.49. The van der Waals surface area contributed by atoms with Crippen molar-refractivity contribution in [2.24, 2.45) is 4.99 Å². The van der Waals surface area contributed by atoms with Gasteiger partial charge in [0.25, 0.3) is 0 Å². The second kappa shape index (κ2) is 13.4. The van der Waals surface area contributed by atoms with Crippen molar-refractivity contribution in [1.82, 2.24) is 19.8 Å². The summed E-state index contributed by atoms with van der Waals surface area (Å²) in [7, 11) is 1.82. The van der Waals surface area contributed by atoms with Crippen LogP contribution >= 0.6 is 0 Å². The third-order valence-corrected chi connectivity index (χ3v) is 8.25. The molecule has 220 valence electrons. The number of fused-ring (bicyclic) bond motifs is 1. The van der Waals surface area contributed by atoms with Crippen molar-refractivity contribution in [3.8, 4) is 6.01 Å². The van der Waals surface area contributed by atoms with Gasteiger partial charge in [-0.05, 0) is 43.9 Å². The molecule has 0 atom stereocenters. The minimum Gasteiger partial charge on any atom is -0.463 e. The van der Waals surface area contributed by atoms with Crippen LogP contribution in [0.3, 0.4) is 0 Å². The summed E-state index contributed by atoms with van der Waals surface area (Å²) in [6.07, 6.45) is 5.10. The first-order valence-electron chi connectivity index (χ1n) is 14.7. The third-order valence-electron chi connectivity index (χ3n) is 8.25. The molecule has 0 unspecified atom stereocenters. The summed E-state index contributed by atoms with van der Waals surface area (Å²) in [4.78, 5) is 35.4. The van der Waals surface area contributed by atoms with E-state index in [1.807, 2.05) is 18.2 Å². The van der Waals surface area contributed by atoms with Crippen molar-refractivity contribution < 1.29 is 14.3 Å². The highest BCUT2D eigenvalue weighted by atomic mass is 16.5. The fraction of sp³-hybridized carbons (Fsp3) is 0.548. The number of hydrogen-bond donors (Lipinski definition) is 0. The first kappa shape index (κ1) is 29.0. The smallest absolute Gasteiger partial charge is 0.318 e. The number of amides is 1. The zero-order valence-electron chi connectivity index (χ0n) is 24.8. The number of aromatic nitrogens is 2. The Bertz CT molecular complexity index is 1270. The van der Waals surface area contributed by atoms with E-state index in [0.717, 1.165) is 82.4 Å². The van der Waals surface area contributed by atoms with E-state index in [0.29, 0.717) is 32.3 Å². The van der Waals surface area contributed by atoms with Gasteiger partial charge in [-0.25, -0.2) is 0 Å². The topological polar surface area (TPSA) is 86.6 Å². The maximum absolute atomic E-state index is 12.2. The number of aliphatic imine (C=N–C) groups is 1. The van der Waals surface area contributed by atoms with Gasteiger partial charge in [0.15, 0.2) is 0 Å². The molecule has 3 aliphatic heterocycles. The predicted octanol–water partition coefficient (Wildman–Crippen LogP) is 2.64. The van der Waals surface area contributed by atoms with Crippen LogP contribution < -0.4 is 14.5 Å². The van der Waals surface area contributed by atoms with Crippen LogP contribution in [0, 0.1) is 13.8 Å². The number of nitrogens with zero attached hydrogens (tertiary/aromatic N) is 7. The Balaban J connectivity index is 1.38. The van der Waals surface area contributed by atoms with Gasteiger partial charge in [0.2, 0.25) is 5.91 Å². The Morgan fingerprint density at radius 3 is 2.54 bits per heavy atom. The average molecular weight is 562 g/mol. The summed E-state index contributed by atoms with van der Waals surface area (Å²) < 4.78 is 11.7. The molecule has 2 fully saturated rings. The molecule has 5 rings (SSSR count). The molecule has 2 aromatic rings. The normalized spacial score (nSPS) is 18.1. The molecule has 0 spiro atoms. The van der Waals surface area contributed by atoms with Crippen molar-refractivity contribution in [3.05, 3.63) is 52.7 Å². The quantitative estimate of drug-likeness (QED) is 0.263. The van der Waals surface area contributed by atoms with Gasteiger partial charge in [0, 0.05) is 82.4 Å². The average Bonchev–Trinajstić information content (AvgIpc) is 3.01. The highest BCUT2D eigenvalue weighted by molar-refractivity contribution is 5.91. The molecule has 0 aliphatic carbocycles. The van der Waals surface area contributed by atoms with Crippen molar-refractivity contribution >= 4 is 23.6 Å². The van der Waals surface area contributed by atoms with Crippen molar-refractivity contribution in [2.45, 2.75) is 33.2 Å². The highest BCUT2D eigenvalue weighted by Crippen LogP contribution is 2.34. The van der Waals surface area contributed by atoms with Gasteiger partial charge in [-0.1, -0.05) is 18.7 Å². The molecule has 0 radical (unpaired) electrons. The van der Waals surface area contributed by atoms with E-state index < -0.39 is 0 Å². The lowest BCUT2D eigenvalue weighted by atomic mass is 9.98. The zero-order valence-corrected chi connectivity index (χ0v) is 24.8. The van der Waals surface area contributed by atoms with Crippen molar-refractivity contribution in [2.75, 3.05) is 89.0 Å². The van der Waals surface area contributed by atoms with Crippen LogP contribution in [-0.4, -0.2) is 111 Å². The molecule has 1 aromatic heterocycles. The molecule has 1 amide bonds. The first-order valence-corrected chi connectivity index (χ1v) is 14.7. The van der Waals surface area contributed by atoms with E-state index >= 15 is 0 Å². The van der Waals surface area contributed by atoms with Crippen molar-refractivity contribution in [3.63, 3.8) is 0 Å². The molecule has 41 heavy (non-hydrogen) atoms. The fourth-order valence-electron chi connectivity index (χ4n) is 5.98. The van der Waals surface area contributed by atoms with E-state index in [9.17, 15) is 4.79 Å². The van der Waals surface area contributed by atoms with Crippen molar-refractivity contribution in [1.29, 1.82) is 0 Å². The maximum Gasteiger partial charge on any atom is 0.318 e. The SMILES string of the molecule is C=CC(=O)N1CCN(c2nc(OCCCN3CCOCC3)nc3c2CCN(c2c(C)ccc(C)c2C=NC)C3)CC1. The predicted molar refractivity (Wildman–Crippen MR) is 163 cm³/mol. The summed E-state index contributed by atoms with van der Waals surface area (Å²) >= 11 is 0. The molecule has 2 saturated heterocycles. The van der Waals surface area contributed by atoms with Gasteiger partial charge < -0.3 is 24.2 Å². The van der Waals surface area contributed by atoms with E-state index in [-0.39, 0.29) is 5.91 Å². The molecule has 0 bridgehead atoms. The maximum atomic E-state index is 12.2. The molecular weight excluding hydrogens is 518 g/mol. The molecule has 0 saturated carbocycles. The lowest BCUT2D eigenvalue weighted by Gasteiger charge is -2.38. The van der Waals surface area contributed by atoms with Crippen LogP contribution in [0.15, 0.2) is 29.8 Å². The Labute approximate surface area is 243 Å². The first-order chi connectivity index (χ1) is 20.0. The van der Waals surface area contributed by atoms with Crippen LogP contribution in [0.4, 0.5) is 11.5 Å². The van der Waals surface area contributed by atoms with E-state index in [2.05, 4.69) is 52.3 Å². The number of hydrogen-bond acceptors (Lipinski definition) is 9. The number of aryl methyl sites for hydroxylation is 2. The zero-order chi connectivity index (χ0) is 28.8. The van der Waals surface area contributed by atoms with Crippen LogP contribution in [-0.2, 0) is 22.5 Å². The van der Waals surface area contributed by atoms with Gasteiger partial charge in [-0.2, -0.15) is 9.97 Å². The molecule has 10 nitrogen and oxygen atoms in total. The second-order valence-electron chi connectivity index (χ2n) is 10.9. The van der Waals surface area contributed by atoms with Gasteiger partial charge >= 0.3 is 6.01 Å². The van der Waals surface area contributed by atoms with Crippen LogP contribution in [0.25, 0.3) is 0 Å². The number of ether oxygens (including phenoxy) is 2. The molecule has 0 N–H and O–H groups in total. The summed E-state index contributed by atoms with van der Waals surface area (Å²) in [6, 6.07) is 4.78. The molecule has 3 aliphatic rings. The Kier molecular flexibility index (Phi) is 9.51. The summed E-state index contributed by atoms with van der Waals surface area (Å²) in [5.41, 5.74) is 7.00. The number of anilines is 2. The summed E-state index contributed by atoms with van der Waals surface area (Å²) in [6.45, 7) is 17.3. The number of carbonyl (C=O) groups excluding carboxylic acids is 1. The fourth-order valence-corrected chi connectivity index (χ4v) is 5.98. The number of benzene rings is 1. The van der Waals surface area contributed by atoms with Gasteiger partial charge in [-0.3, -0.25) is 14.7 Å². The molecular formula is C31H43N7O3. The summed E-state index contributed by atoms with van der Waals surface area (Å²) in [5.74, 6) is 0.925. The van der Waals surface area contributed by atoms with Crippen LogP contribution in [0.1, 0.15) is 34.4 Å². The van der Waals surface area contributed by atoms with Crippen LogP contribution in [0.2, 0.25) is 0 Å². The second-order valence-corrected chi connectivity index (χ2v) is 10.9. The molecule has 1 aromatic carbocycles. The van der Waals surface area contributed by atoms with Gasteiger partial charge in [-0.15, -0.1) is 0 Å². The largest absolute Gasteiger partial charge is 0.463 e. The standard InChI is InChI=1S/C31H43N7O3/c1-5-28(39)36-12-14-37(15-13-36)30-25-9-11-38(29-24(3)8-7-23(2)26(29)21-32-4)22-27(25)33-31(34-30)41-18-6-10-35-16-19-40-20-17-35/h5,7-8,21H,1,6,9-20,22H2,2-4H3. The minimum absolute atomic E-state index is 0.0192.